The molecule has 3 aromatic carbocycles. The van der Waals surface area contributed by atoms with Crippen LogP contribution in [0.2, 0.25) is 0 Å². The van der Waals surface area contributed by atoms with E-state index in [1.165, 1.54) is 11.3 Å². The molecular formula is C31H26N2O6S. The summed E-state index contributed by atoms with van der Waals surface area (Å²) in [6, 6.07) is 22.2. The van der Waals surface area contributed by atoms with Crippen molar-refractivity contribution in [3.63, 3.8) is 0 Å². The van der Waals surface area contributed by atoms with Crippen molar-refractivity contribution in [3.05, 3.63) is 120 Å². The summed E-state index contributed by atoms with van der Waals surface area (Å²) < 4.78 is 24.4. The van der Waals surface area contributed by atoms with Crippen LogP contribution in [0.5, 0.6) is 17.2 Å². The van der Waals surface area contributed by atoms with Crippen molar-refractivity contribution in [1.29, 1.82) is 0 Å². The zero-order valence-corrected chi connectivity index (χ0v) is 22.8. The van der Waals surface area contributed by atoms with Gasteiger partial charge in [0, 0.05) is 0 Å². The molecule has 0 amide bonds. The molecule has 8 nitrogen and oxygen atoms in total. The highest BCUT2D eigenvalue weighted by molar-refractivity contribution is 7.07. The number of fused-ring (bicyclic) bond motifs is 2. The molecule has 0 unspecified atom stereocenters. The first-order valence-electron chi connectivity index (χ1n) is 12.9. The Bertz CT molecular complexity index is 1790. The van der Waals surface area contributed by atoms with Crippen LogP contribution in [0.15, 0.2) is 93.9 Å². The van der Waals surface area contributed by atoms with Gasteiger partial charge in [0.25, 0.3) is 5.56 Å². The maximum atomic E-state index is 13.8. The molecule has 6 rings (SSSR count). The van der Waals surface area contributed by atoms with Crippen LogP contribution in [0, 0.1) is 0 Å². The Morgan fingerprint density at radius 3 is 2.62 bits per heavy atom. The van der Waals surface area contributed by atoms with Gasteiger partial charge in [-0.1, -0.05) is 59.9 Å². The van der Waals surface area contributed by atoms with E-state index >= 15 is 0 Å². The van der Waals surface area contributed by atoms with Gasteiger partial charge in [0.15, 0.2) is 16.3 Å². The number of hydrogen-bond donors (Lipinski definition) is 0. The summed E-state index contributed by atoms with van der Waals surface area (Å²) in [5.41, 5.74) is 3.22. The summed E-state index contributed by atoms with van der Waals surface area (Å²) >= 11 is 1.28. The minimum atomic E-state index is -0.722. The van der Waals surface area contributed by atoms with Crippen molar-refractivity contribution in [3.8, 4) is 17.2 Å². The molecule has 202 valence electrons. The van der Waals surface area contributed by atoms with E-state index in [4.69, 9.17) is 18.9 Å². The molecule has 9 heteroatoms. The van der Waals surface area contributed by atoms with Crippen molar-refractivity contribution in [2.45, 2.75) is 26.5 Å². The zero-order valence-electron chi connectivity index (χ0n) is 22.0. The van der Waals surface area contributed by atoms with Gasteiger partial charge in [0.05, 0.1) is 28.5 Å². The maximum Gasteiger partial charge on any atom is 0.338 e. The Hall–Kier alpha value is -4.63. The molecule has 40 heavy (non-hydrogen) atoms. The summed E-state index contributed by atoms with van der Waals surface area (Å²) in [6.07, 6.45) is 1.82. The Morgan fingerprint density at radius 1 is 1.07 bits per heavy atom. The smallest absolute Gasteiger partial charge is 0.338 e. The Balaban J connectivity index is 1.37. The SMILES string of the molecule is CCOC(=O)C1=C(C)N=c2s/c(=C\c3ccc(OCc4ccccc4)cc3)c(=O)n2[C@H]1c1ccc2c(c1)OCO2. The second kappa shape index (κ2) is 10.9. The lowest BCUT2D eigenvalue weighted by Crippen LogP contribution is -2.39. The number of ether oxygens (including phenoxy) is 4. The fourth-order valence-electron chi connectivity index (χ4n) is 4.74. The molecule has 0 spiro atoms. The Kier molecular flexibility index (Phi) is 6.96. The van der Waals surface area contributed by atoms with Crippen LogP contribution < -0.4 is 29.1 Å². The van der Waals surface area contributed by atoms with Crippen molar-refractivity contribution >= 4 is 23.4 Å². The van der Waals surface area contributed by atoms with E-state index in [-0.39, 0.29) is 19.0 Å². The van der Waals surface area contributed by atoms with Crippen LogP contribution in [0.4, 0.5) is 0 Å². The molecule has 0 N–H and O–H groups in total. The van der Waals surface area contributed by atoms with Crippen molar-refractivity contribution < 1.29 is 23.7 Å². The molecule has 0 saturated heterocycles. The van der Waals surface area contributed by atoms with E-state index in [1.807, 2.05) is 66.7 Å². The van der Waals surface area contributed by atoms with E-state index in [9.17, 15) is 9.59 Å². The lowest BCUT2D eigenvalue weighted by Gasteiger charge is -2.24. The third-order valence-corrected chi connectivity index (χ3v) is 7.64. The summed E-state index contributed by atoms with van der Waals surface area (Å²) in [5, 5.41) is 0. The molecule has 2 aliphatic rings. The van der Waals surface area contributed by atoms with Gasteiger partial charge in [-0.15, -0.1) is 0 Å². The van der Waals surface area contributed by atoms with Crippen LogP contribution in [0.3, 0.4) is 0 Å². The Labute approximate surface area is 234 Å². The molecule has 1 aromatic heterocycles. The van der Waals surface area contributed by atoms with Gasteiger partial charge in [-0.2, -0.15) is 0 Å². The summed E-state index contributed by atoms with van der Waals surface area (Å²) in [5.74, 6) is 1.41. The third-order valence-electron chi connectivity index (χ3n) is 6.66. The molecule has 0 fully saturated rings. The number of aromatic nitrogens is 1. The second-order valence-electron chi connectivity index (χ2n) is 9.26. The highest BCUT2D eigenvalue weighted by Crippen LogP contribution is 2.38. The van der Waals surface area contributed by atoms with E-state index < -0.39 is 12.0 Å². The number of carbonyl (C=O) groups is 1. The molecule has 2 aliphatic heterocycles. The van der Waals surface area contributed by atoms with Gasteiger partial charge in [-0.3, -0.25) is 9.36 Å². The van der Waals surface area contributed by atoms with Crippen LogP contribution in [0.1, 0.15) is 36.6 Å². The predicted octanol–water partition coefficient (Wildman–Crippen LogP) is 4.11. The van der Waals surface area contributed by atoms with Crippen LogP contribution in [-0.2, 0) is 16.1 Å². The lowest BCUT2D eigenvalue weighted by atomic mass is 9.95. The number of hydrogen-bond acceptors (Lipinski definition) is 8. The summed E-state index contributed by atoms with van der Waals surface area (Å²) in [4.78, 5) is 32.1. The largest absolute Gasteiger partial charge is 0.489 e. The van der Waals surface area contributed by atoms with Gasteiger partial charge in [0.1, 0.15) is 12.4 Å². The fourth-order valence-corrected chi connectivity index (χ4v) is 5.79. The summed E-state index contributed by atoms with van der Waals surface area (Å²) in [7, 11) is 0. The third kappa shape index (κ3) is 4.91. The Morgan fingerprint density at radius 2 is 1.85 bits per heavy atom. The standard InChI is InChI=1S/C31H26N2O6S/c1-3-36-30(35)27-19(2)32-31-33(28(27)22-11-14-24-25(16-22)39-18-38-24)29(34)26(40-31)15-20-9-12-23(13-10-20)37-17-21-7-5-4-6-8-21/h4-16,28H,3,17-18H2,1-2H3/b26-15-/t28-/m0/s1. The van der Waals surface area contributed by atoms with Gasteiger partial charge in [0.2, 0.25) is 6.79 Å². The fraction of sp³-hybridized carbons (Fsp3) is 0.194. The molecule has 0 radical (unpaired) electrons. The first-order valence-corrected chi connectivity index (χ1v) is 13.7. The molecule has 0 saturated carbocycles. The highest BCUT2D eigenvalue weighted by Gasteiger charge is 2.34. The number of allylic oxidation sites excluding steroid dienone is 1. The molecule has 3 heterocycles. The molecule has 0 aliphatic carbocycles. The summed E-state index contributed by atoms with van der Waals surface area (Å²) in [6.45, 7) is 4.31. The van der Waals surface area contributed by atoms with E-state index in [2.05, 4.69) is 4.99 Å². The monoisotopic (exact) mass is 554 g/mol. The number of benzene rings is 3. The maximum absolute atomic E-state index is 13.8. The number of carbonyl (C=O) groups excluding carboxylic acids is 1. The van der Waals surface area contributed by atoms with E-state index in [1.54, 1.807) is 30.5 Å². The van der Waals surface area contributed by atoms with E-state index in [0.717, 1.165) is 16.9 Å². The van der Waals surface area contributed by atoms with Crippen LogP contribution in [-0.4, -0.2) is 23.9 Å². The van der Waals surface area contributed by atoms with Crippen molar-refractivity contribution in [2.24, 2.45) is 4.99 Å². The van der Waals surface area contributed by atoms with Gasteiger partial charge < -0.3 is 18.9 Å². The number of thiazole rings is 1. The lowest BCUT2D eigenvalue weighted by molar-refractivity contribution is -0.139. The first kappa shape index (κ1) is 25.6. The van der Waals surface area contributed by atoms with Gasteiger partial charge in [-0.25, -0.2) is 9.79 Å². The minimum absolute atomic E-state index is 0.122. The van der Waals surface area contributed by atoms with Gasteiger partial charge in [-0.05, 0) is 60.9 Å². The first-order chi connectivity index (χ1) is 19.5. The highest BCUT2D eigenvalue weighted by atomic mass is 32.1. The van der Waals surface area contributed by atoms with Crippen LogP contribution >= 0.6 is 11.3 Å². The molecule has 4 aromatic rings. The molecule has 1 atom stereocenters. The quantitative estimate of drug-likeness (QED) is 0.320. The van der Waals surface area contributed by atoms with E-state index in [0.29, 0.717) is 44.3 Å². The molecular weight excluding hydrogens is 528 g/mol. The molecule has 0 bridgehead atoms. The number of nitrogens with zero attached hydrogens (tertiary/aromatic N) is 2. The van der Waals surface area contributed by atoms with Gasteiger partial charge >= 0.3 is 5.97 Å². The average molecular weight is 555 g/mol. The second-order valence-corrected chi connectivity index (χ2v) is 10.3. The van der Waals surface area contributed by atoms with Crippen molar-refractivity contribution in [2.75, 3.05) is 13.4 Å². The minimum Gasteiger partial charge on any atom is -0.489 e. The van der Waals surface area contributed by atoms with Crippen LogP contribution in [0.25, 0.3) is 6.08 Å². The normalized spacial score (nSPS) is 15.9. The van der Waals surface area contributed by atoms with Crippen molar-refractivity contribution in [1.82, 2.24) is 4.57 Å². The number of rotatable bonds is 7. The number of esters is 1. The topological polar surface area (TPSA) is 88.4 Å². The average Bonchev–Trinajstić information content (AvgIpc) is 3.56. The predicted molar refractivity (Wildman–Crippen MR) is 150 cm³/mol. The zero-order chi connectivity index (χ0) is 27.6.